The van der Waals surface area contributed by atoms with Gasteiger partial charge in [0.15, 0.2) is 5.65 Å². The van der Waals surface area contributed by atoms with Gasteiger partial charge in [0.1, 0.15) is 12.1 Å². The third-order valence-electron chi connectivity index (χ3n) is 3.12. The fraction of sp³-hybridized carbons (Fsp3) is 0.615. The summed E-state index contributed by atoms with van der Waals surface area (Å²) in [5.74, 6) is 0.964. The van der Waals surface area contributed by atoms with Gasteiger partial charge >= 0.3 is 0 Å². The number of aromatic nitrogens is 4. The Kier molecular flexibility index (Phi) is 4.31. The van der Waals surface area contributed by atoms with Crippen molar-refractivity contribution in [3.8, 4) is 0 Å². The molecule has 6 heteroatoms. The van der Waals surface area contributed by atoms with Gasteiger partial charge in [-0.15, -0.1) is 0 Å². The molecule has 0 saturated heterocycles. The molecule has 0 aliphatic heterocycles. The van der Waals surface area contributed by atoms with Crippen LogP contribution in [0.5, 0.6) is 0 Å². The number of rotatable bonds is 6. The summed E-state index contributed by atoms with van der Waals surface area (Å²) in [5, 5.41) is 8.69. The SMILES string of the molecule is CCN(CCNC(C)C)c1ncnc2c1cnn2C. The number of hydrogen-bond donors (Lipinski definition) is 1. The molecule has 2 heterocycles. The molecule has 0 saturated carbocycles. The highest BCUT2D eigenvalue weighted by Gasteiger charge is 2.13. The second-order valence-electron chi connectivity index (χ2n) is 4.89. The van der Waals surface area contributed by atoms with Crippen molar-refractivity contribution in [2.75, 3.05) is 24.5 Å². The van der Waals surface area contributed by atoms with E-state index in [1.54, 1.807) is 11.0 Å². The lowest BCUT2D eigenvalue weighted by Crippen LogP contribution is -2.35. The van der Waals surface area contributed by atoms with Crippen molar-refractivity contribution in [1.29, 1.82) is 0 Å². The molecule has 2 rings (SSSR count). The minimum Gasteiger partial charge on any atom is -0.355 e. The van der Waals surface area contributed by atoms with E-state index in [0.717, 1.165) is 36.5 Å². The summed E-state index contributed by atoms with van der Waals surface area (Å²) in [7, 11) is 1.90. The van der Waals surface area contributed by atoms with Crippen molar-refractivity contribution >= 4 is 16.9 Å². The molecule has 0 aliphatic rings. The summed E-state index contributed by atoms with van der Waals surface area (Å²) in [6, 6.07) is 0.502. The molecule has 0 aliphatic carbocycles. The van der Waals surface area contributed by atoms with Crippen molar-refractivity contribution in [3.05, 3.63) is 12.5 Å². The number of aryl methyl sites for hydroxylation is 1. The van der Waals surface area contributed by atoms with Gasteiger partial charge in [0.25, 0.3) is 0 Å². The molecule has 2 aromatic heterocycles. The third kappa shape index (κ3) is 3.01. The first kappa shape index (κ1) is 13.7. The van der Waals surface area contributed by atoms with Gasteiger partial charge in [-0.05, 0) is 6.92 Å². The van der Waals surface area contributed by atoms with Crippen molar-refractivity contribution in [3.63, 3.8) is 0 Å². The molecule has 0 atom stereocenters. The van der Waals surface area contributed by atoms with Crippen molar-refractivity contribution in [1.82, 2.24) is 25.1 Å². The highest BCUT2D eigenvalue weighted by Crippen LogP contribution is 2.21. The summed E-state index contributed by atoms with van der Waals surface area (Å²) < 4.78 is 1.78. The van der Waals surface area contributed by atoms with Crippen LogP contribution in [-0.4, -0.2) is 45.4 Å². The number of nitrogens with one attached hydrogen (secondary N) is 1. The summed E-state index contributed by atoms with van der Waals surface area (Å²) in [6.07, 6.45) is 3.45. The standard InChI is InChI=1S/C13H22N6/c1-5-19(7-6-14-10(2)3)13-11-8-17-18(4)12(11)15-9-16-13/h8-10,14H,5-7H2,1-4H3. The third-order valence-corrected chi connectivity index (χ3v) is 3.12. The molecule has 104 valence electrons. The number of anilines is 1. The lowest BCUT2D eigenvalue weighted by atomic mass is 10.3. The van der Waals surface area contributed by atoms with Crippen LogP contribution in [-0.2, 0) is 7.05 Å². The van der Waals surface area contributed by atoms with E-state index in [2.05, 4.69) is 46.1 Å². The van der Waals surface area contributed by atoms with Crippen LogP contribution in [0.15, 0.2) is 12.5 Å². The topological polar surface area (TPSA) is 58.9 Å². The van der Waals surface area contributed by atoms with Crippen LogP contribution < -0.4 is 10.2 Å². The predicted octanol–water partition coefficient (Wildman–Crippen LogP) is 1.19. The van der Waals surface area contributed by atoms with Crippen LogP contribution in [0.3, 0.4) is 0 Å². The van der Waals surface area contributed by atoms with E-state index in [9.17, 15) is 0 Å². The van der Waals surface area contributed by atoms with E-state index in [-0.39, 0.29) is 0 Å². The number of nitrogens with zero attached hydrogens (tertiary/aromatic N) is 5. The maximum atomic E-state index is 4.42. The molecule has 0 unspecified atom stereocenters. The summed E-state index contributed by atoms with van der Waals surface area (Å²) >= 11 is 0. The number of likely N-dealkylation sites (N-methyl/N-ethyl adjacent to an activating group) is 1. The molecule has 0 bridgehead atoms. The molecule has 2 aromatic rings. The first-order valence-electron chi connectivity index (χ1n) is 6.74. The minimum absolute atomic E-state index is 0.502. The molecule has 0 radical (unpaired) electrons. The van der Waals surface area contributed by atoms with E-state index in [0.29, 0.717) is 6.04 Å². The average molecular weight is 262 g/mol. The fourth-order valence-electron chi connectivity index (χ4n) is 2.10. The zero-order valence-corrected chi connectivity index (χ0v) is 12.1. The minimum atomic E-state index is 0.502. The van der Waals surface area contributed by atoms with Crippen molar-refractivity contribution in [2.45, 2.75) is 26.8 Å². The second-order valence-corrected chi connectivity index (χ2v) is 4.89. The zero-order chi connectivity index (χ0) is 13.8. The Balaban J connectivity index is 2.20. The smallest absolute Gasteiger partial charge is 0.163 e. The molecular formula is C13H22N6. The van der Waals surface area contributed by atoms with Gasteiger partial charge in [0.2, 0.25) is 0 Å². The van der Waals surface area contributed by atoms with Gasteiger partial charge in [-0.1, -0.05) is 13.8 Å². The van der Waals surface area contributed by atoms with E-state index < -0.39 is 0 Å². The highest BCUT2D eigenvalue weighted by molar-refractivity contribution is 5.86. The quantitative estimate of drug-likeness (QED) is 0.847. The number of fused-ring (bicyclic) bond motifs is 1. The van der Waals surface area contributed by atoms with E-state index in [4.69, 9.17) is 0 Å². The molecule has 0 spiro atoms. The lowest BCUT2D eigenvalue weighted by molar-refractivity contribution is 0.582. The Morgan fingerprint density at radius 3 is 2.84 bits per heavy atom. The molecule has 19 heavy (non-hydrogen) atoms. The maximum Gasteiger partial charge on any atom is 0.163 e. The van der Waals surface area contributed by atoms with Gasteiger partial charge in [-0.25, -0.2) is 9.97 Å². The highest BCUT2D eigenvalue weighted by atomic mass is 15.3. The van der Waals surface area contributed by atoms with E-state index in [1.807, 2.05) is 13.2 Å². The van der Waals surface area contributed by atoms with Gasteiger partial charge in [0.05, 0.1) is 11.6 Å². The number of hydrogen-bond acceptors (Lipinski definition) is 5. The van der Waals surface area contributed by atoms with Gasteiger partial charge < -0.3 is 10.2 Å². The predicted molar refractivity (Wildman–Crippen MR) is 77.3 cm³/mol. The average Bonchev–Trinajstić information content (AvgIpc) is 2.77. The van der Waals surface area contributed by atoms with Crippen LogP contribution in [0.2, 0.25) is 0 Å². The van der Waals surface area contributed by atoms with E-state index in [1.165, 1.54) is 0 Å². The molecule has 0 fully saturated rings. The second kappa shape index (κ2) is 5.97. The molecule has 1 N–H and O–H groups in total. The van der Waals surface area contributed by atoms with Crippen LogP contribution >= 0.6 is 0 Å². The van der Waals surface area contributed by atoms with Gasteiger partial charge in [-0.3, -0.25) is 4.68 Å². The molecule has 0 aromatic carbocycles. The Labute approximate surface area is 113 Å². The van der Waals surface area contributed by atoms with Crippen LogP contribution in [0.1, 0.15) is 20.8 Å². The first-order chi connectivity index (χ1) is 9.13. The summed E-state index contributed by atoms with van der Waals surface area (Å²) in [4.78, 5) is 10.9. The Morgan fingerprint density at radius 1 is 1.37 bits per heavy atom. The maximum absolute atomic E-state index is 4.42. The fourth-order valence-corrected chi connectivity index (χ4v) is 2.10. The van der Waals surface area contributed by atoms with E-state index >= 15 is 0 Å². The Hall–Kier alpha value is -1.69. The van der Waals surface area contributed by atoms with Crippen molar-refractivity contribution < 1.29 is 0 Å². The van der Waals surface area contributed by atoms with Crippen LogP contribution in [0, 0.1) is 0 Å². The zero-order valence-electron chi connectivity index (χ0n) is 12.1. The Bertz CT molecular complexity index is 533. The van der Waals surface area contributed by atoms with Crippen molar-refractivity contribution in [2.24, 2.45) is 7.05 Å². The molecular weight excluding hydrogens is 240 g/mol. The van der Waals surface area contributed by atoms with Gasteiger partial charge in [-0.2, -0.15) is 5.10 Å². The van der Waals surface area contributed by atoms with Gasteiger partial charge in [0, 0.05) is 32.7 Å². The first-order valence-corrected chi connectivity index (χ1v) is 6.74. The normalized spacial score (nSPS) is 11.4. The molecule has 6 nitrogen and oxygen atoms in total. The Morgan fingerprint density at radius 2 is 2.16 bits per heavy atom. The summed E-state index contributed by atoms with van der Waals surface area (Å²) in [5.41, 5.74) is 0.875. The monoisotopic (exact) mass is 262 g/mol. The lowest BCUT2D eigenvalue weighted by Gasteiger charge is -2.23. The summed E-state index contributed by atoms with van der Waals surface area (Å²) in [6.45, 7) is 9.23. The molecule has 0 amide bonds. The largest absolute Gasteiger partial charge is 0.355 e. The van der Waals surface area contributed by atoms with Crippen LogP contribution in [0.25, 0.3) is 11.0 Å². The van der Waals surface area contributed by atoms with Crippen LogP contribution in [0.4, 0.5) is 5.82 Å².